The minimum absolute atomic E-state index is 0.0398. The minimum Gasteiger partial charge on any atom is -0.492 e. The van der Waals surface area contributed by atoms with Gasteiger partial charge in [-0.15, -0.1) is 0 Å². The van der Waals surface area contributed by atoms with Gasteiger partial charge in [-0.25, -0.2) is 10.4 Å². The average Bonchev–Trinajstić information content (AvgIpc) is 2.84. The molecule has 2 aromatic carbocycles. The number of H-pyrrole nitrogens is 1. The molecule has 1 aliphatic rings. The predicted molar refractivity (Wildman–Crippen MR) is 138 cm³/mol. The fourth-order valence-corrected chi connectivity index (χ4v) is 4.58. The summed E-state index contributed by atoms with van der Waals surface area (Å²) in [7, 11) is 0. The number of rotatable bonds is 8. The lowest BCUT2D eigenvalue weighted by Gasteiger charge is -2.34. The van der Waals surface area contributed by atoms with Crippen molar-refractivity contribution < 1.29 is 4.74 Å². The van der Waals surface area contributed by atoms with Crippen molar-refractivity contribution in [3.8, 4) is 23.1 Å². The quantitative estimate of drug-likeness (QED) is 0.379. The summed E-state index contributed by atoms with van der Waals surface area (Å²) in [5.74, 6) is 2.32. The van der Waals surface area contributed by atoms with E-state index in [0.29, 0.717) is 29.7 Å². The van der Waals surface area contributed by atoms with E-state index in [2.05, 4.69) is 39.2 Å². The highest BCUT2D eigenvalue weighted by Gasteiger charge is 2.21. The number of benzene rings is 2. The summed E-state index contributed by atoms with van der Waals surface area (Å²) in [6, 6.07) is 18.7. The van der Waals surface area contributed by atoms with Gasteiger partial charge in [-0.1, -0.05) is 56.3 Å². The standard InChI is InChI=1S/C27H30N6O2/c1-19-14-20(2)18-33(17-19)12-13-35-24-11-7-6-10-22(24)16-29-32-27-30-25(21-8-4-3-5-9-21)23(15-28)26(34)31-27/h3-11,16,19-20H,12-14,17-18H2,1-2H3,(H2,30,31,32,34). The van der Waals surface area contributed by atoms with Gasteiger partial charge in [0.15, 0.2) is 0 Å². The molecule has 0 saturated carbocycles. The SMILES string of the molecule is CC1CC(C)CN(CCOc2ccccc2C=NNc2nc(-c3ccccc3)c(C#N)c(=O)[nH]2)C1. The molecule has 1 saturated heterocycles. The van der Waals surface area contributed by atoms with Crippen LogP contribution in [0, 0.1) is 23.2 Å². The van der Waals surface area contributed by atoms with Crippen LogP contribution in [0.5, 0.6) is 5.75 Å². The van der Waals surface area contributed by atoms with Crippen LogP contribution < -0.4 is 15.7 Å². The number of nitriles is 1. The highest BCUT2D eigenvalue weighted by molar-refractivity contribution is 5.83. The van der Waals surface area contributed by atoms with E-state index in [4.69, 9.17) is 4.74 Å². The van der Waals surface area contributed by atoms with Gasteiger partial charge >= 0.3 is 0 Å². The predicted octanol–water partition coefficient (Wildman–Crippen LogP) is 4.11. The zero-order valence-electron chi connectivity index (χ0n) is 20.1. The Hall–Kier alpha value is -3.96. The van der Waals surface area contributed by atoms with E-state index in [0.717, 1.165) is 30.9 Å². The average molecular weight is 471 g/mol. The van der Waals surface area contributed by atoms with E-state index in [1.807, 2.05) is 48.5 Å². The van der Waals surface area contributed by atoms with Gasteiger partial charge < -0.3 is 4.74 Å². The number of anilines is 1. The molecule has 0 spiro atoms. The van der Waals surface area contributed by atoms with Crippen molar-refractivity contribution in [2.75, 3.05) is 31.7 Å². The lowest BCUT2D eigenvalue weighted by atomic mass is 9.92. The molecule has 2 unspecified atom stereocenters. The van der Waals surface area contributed by atoms with Crippen LogP contribution in [0.2, 0.25) is 0 Å². The van der Waals surface area contributed by atoms with Crippen molar-refractivity contribution in [1.82, 2.24) is 14.9 Å². The Kier molecular flexibility index (Phi) is 7.91. The maximum atomic E-state index is 12.4. The Morgan fingerprint density at radius 2 is 1.89 bits per heavy atom. The Labute approximate surface area is 205 Å². The second-order valence-corrected chi connectivity index (χ2v) is 9.08. The normalized spacial score (nSPS) is 18.3. The maximum absolute atomic E-state index is 12.4. The molecule has 2 atom stereocenters. The van der Waals surface area contributed by atoms with E-state index in [1.54, 1.807) is 18.3 Å². The number of hydrazone groups is 1. The topological polar surface area (TPSA) is 106 Å². The fourth-order valence-electron chi connectivity index (χ4n) is 4.58. The van der Waals surface area contributed by atoms with Crippen molar-refractivity contribution in [3.05, 3.63) is 76.1 Å². The smallest absolute Gasteiger partial charge is 0.270 e. The molecular formula is C27H30N6O2. The number of aromatic amines is 1. The van der Waals surface area contributed by atoms with E-state index in [9.17, 15) is 10.1 Å². The van der Waals surface area contributed by atoms with Gasteiger partial charge in [0, 0.05) is 30.8 Å². The second kappa shape index (κ2) is 11.4. The molecule has 1 aromatic heterocycles. The number of hydrogen-bond acceptors (Lipinski definition) is 7. The molecule has 35 heavy (non-hydrogen) atoms. The molecule has 0 bridgehead atoms. The highest BCUT2D eigenvalue weighted by Crippen LogP contribution is 2.22. The third-order valence-corrected chi connectivity index (χ3v) is 5.98. The molecule has 8 heteroatoms. The number of ether oxygens (including phenoxy) is 1. The van der Waals surface area contributed by atoms with Gasteiger partial charge in [-0.05, 0) is 30.4 Å². The molecule has 0 aliphatic carbocycles. The molecule has 2 heterocycles. The zero-order valence-corrected chi connectivity index (χ0v) is 20.1. The summed E-state index contributed by atoms with van der Waals surface area (Å²) in [6.07, 6.45) is 2.91. The maximum Gasteiger partial charge on any atom is 0.270 e. The van der Waals surface area contributed by atoms with E-state index < -0.39 is 5.56 Å². The lowest BCUT2D eigenvalue weighted by Crippen LogP contribution is -2.40. The third-order valence-electron chi connectivity index (χ3n) is 5.98. The van der Waals surface area contributed by atoms with Gasteiger partial charge in [0.2, 0.25) is 5.95 Å². The van der Waals surface area contributed by atoms with Crippen LogP contribution in [0.25, 0.3) is 11.3 Å². The van der Waals surface area contributed by atoms with E-state index in [1.165, 1.54) is 6.42 Å². The first-order valence-electron chi connectivity index (χ1n) is 11.9. The van der Waals surface area contributed by atoms with Crippen molar-refractivity contribution in [3.63, 3.8) is 0 Å². The molecule has 2 N–H and O–H groups in total. The molecule has 1 aliphatic heterocycles. The molecule has 180 valence electrons. The van der Waals surface area contributed by atoms with Crippen LogP contribution >= 0.6 is 0 Å². The summed E-state index contributed by atoms with van der Waals surface area (Å²) in [6.45, 7) is 8.32. The minimum atomic E-state index is -0.524. The van der Waals surface area contributed by atoms with E-state index in [-0.39, 0.29) is 11.5 Å². The van der Waals surface area contributed by atoms with Crippen LogP contribution in [0.3, 0.4) is 0 Å². The number of aromatic nitrogens is 2. The molecule has 4 rings (SSSR count). The van der Waals surface area contributed by atoms with Crippen LogP contribution in [0.15, 0.2) is 64.5 Å². The molecular weight excluding hydrogens is 440 g/mol. The first-order valence-corrected chi connectivity index (χ1v) is 11.9. The van der Waals surface area contributed by atoms with Crippen molar-refractivity contribution in [2.45, 2.75) is 20.3 Å². The van der Waals surface area contributed by atoms with Crippen molar-refractivity contribution in [1.29, 1.82) is 5.26 Å². The largest absolute Gasteiger partial charge is 0.492 e. The number of nitrogens with one attached hydrogen (secondary N) is 2. The van der Waals surface area contributed by atoms with Crippen LogP contribution in [0.1, 0.15) is 31.4 Å². The molecule has 8 nitrogen and oxygen atoms in total. The Balaban J connectivity index is 1.43. The lowest BCUT2D eigenvalue weighted by molar-refractivity contribution is 0.120. The summed E-state index contributed by atoms with van der Waals surface area (Å²) in [5, 5.41) is 13.7. The van der Waals surface area contributed by atoms with Crippen LogP contribution in [0.4, 0.5) is 5.95 Å². The van der Waals surface area contributed by atoms with Crippen LogP contribution in [-0.4, -0.2) is 47.3 Å². The van der Waals surface area contributed by atoms with Gasteiger partial charge in [0.1, 0.15) is 24.0 Å². The van der Waals surface area contributed by atoms with E-state index >= 15 is 0 Å². The summed E-state index contributed by atoms with van der Waals surface area (Å²) in [5.41, 5.74) is 4.00. The third kappa shape index (κ3) is 6.34. The highest BCUT2D eigenvalue weighted by atomic mass is 16.5. The van der Waals surface area contributed by atoms with Crippen molar-refractivity contribution >= 4 is 12.2 Å². The number of piperidine rings is 1. The van der Waals surface area contributed by atoms with Gasteiger partial charge in [0.25, 0.3) is 5.56 Å². The molecule has 3 aromatic rings. The Morgan fingerprint density at radius 3 is 2.63 bits per heavy atom. The number of para-hydroxylation sites is 1. The van der Waals surface area contributed by atoms with Crippen LogP contribution in [-0.2, 0) is 0 Å². The molecule has 1 fully saturated rings. The molecule has 0 radical (unpaired) electrons. The number of nitrogens with zero attached hydrogens (tertiary/aromatic N) is 4. The summed E-state index contributed by atoms with van der Waals surface area (Å²) < 4.78 is 6.07. The first kappa shape index (κ1) is 24.2. The van der Waals surface area contributed by atoms with Gasteiger partial charge in [-0.2, -0.15) is 10.4 Å². The van der Waals surface area contributed by atoms with Gasteiger partial charge in [-0.3, -0.25) is 14.7 Å². The summed E-state index contributed by atoms with van der Waals surface area (Å²) in [4.78, 5) is 21.8. The number of hydrogen-bond donors (Lipinski definition) is 2. The van der Waals surface area contributed by atoms with Gasteiger partial charge in [0.05, 0.1) is 11.9 Å². The van der Waals surface area contributed by atoms with Crippen molar-refractivity contribution in [2.24, 2.45) is 16.9 Å². The monoisotopic (exact) mass is 470 g/mol. The fraction of sp³-hybridized carbons (Fsp3) is 0.333. The Bertz CT molecular complexity index is 1250. The second-order valence-electron chi connectivity index (χ2n) is 9.08. The Morgan fingerprint density at radius 1 is 1.17 bits per heavy atom. The number of likely N-dealkylation sites (tertiary alicyclic amines) is 1. The zero-order chi connectivity index (χ0) is 24.6. The first-order chi connectivity index (χ1) is 17.0. The summed E-state index contributed by atoms with van der Waals surface area (Å²) >= 11 is 0. The molecule has 0 amide bonds.